The van der Waals surface area contributed by atoms with Gasteiger partial charge in [0.25, 0.3) is 0 Å². The second-order valence-corrected chi connectivity index (χ2v) is 0. The Morgan fingerprint density at radius 1 is 0.250 bits per heavy atom. The normalized spacial score (nSPS) is 0. The van der Waals surface area contributed by atoms with E-state index in [-0.39, 0.29) is 146 Å². The third-order valence-electron chi connectivity index (χ3n) is 0. The van der Waals surface area contributed by atoms with Crippen LogP contribution in [0.2, 0.25) is 0 Å². The Morgan fingerprint density at radius 2 is 0.250 bits per heavy atom. The van der Waals surface area contributed by atoms with Crippen LogP contribution in [0.25, 0.3) is 0 Å². The Morgan fingerprint density at radius 3 is 0.250 bits per heavy atom. The van der Waals surface area contributed by atoms with Crippen molar-refractivity contribution in [3.05, 3.63) is 0 Å². The maximum absolute atomic E-state index is 0. The molecule has 0 heterocycles. The minimum atomic E-state index is 0. The summed E-state index contributed by atoms with van der Waals surface area (Å²) in [5, 5.41) is 0. The molecule has 8 heteroatoms. The van der Waals surface area contributed by atoms with Crippen molar-refractivity contribution in [1.82, 2.24) is 0 Å². The average molecular weight is 516 g/mol. The molecule has 0 atom stereocenters. The standard InChI is InChI=1S/4Cu.4Zn/q8*+2. The van der Waals surface area contributed by atoms with Crippen LogP contribution < -0.4 is 0 Å². The van der Waals surface area contributed by atoms with Crippen LogP contribution >= 0.6 is 0 Å². The Hall–Kier alpha value is 4.57. The van der Waals surface area contributed by atoms with E-state index < -0.39 is 0 Å². The Bertz CT molecular complexity index is 8.00. The molecule has 0 aromatic carbocycles. The van der Waals surface area contributed by atoms with E-state index in [1.807, 2.05) is 0 Å². The summed E-state index contributed by atoms with van der Waals surface area (Å²) in [6.07, 6.45) is 0. The average Bonchev–Trinajstić information content (AvgIpc) is 0. The molecule has 0 saturated carbocycles. The molecule has 0 aliphatic rings. The molecule has 0 aromatic rings. The summed E-state index contributed by atoms with van der Waals surface area (Å²) in [7, 11) is 0. The smallest absolute Gasteiger partial charge is 2.00 e. The summed E-state index contributed by atoms with van der Waals surface area (Å²) in [6.45, 7) is 0. The molecule has 36 valence electrons. The molecule has 0 aromatic heterocycles. The molecule has 0 aliphatic carbocycles. The molecule has 0 spiro atoms. The van der Waals surface area contributed by atoms with Crippen molar-refractivity contribution in [3.8, 4) is 0 Å². The third kappa shape index (κ3) is 46.3. The van der Waals surface area contributed by atoms with E-state index in [0.29, 0.717) is 0 Å². The van der Waals surface area contributed by atoms with Gasteiger partial charge >= 0.3 is 146 Å². The first-order valence-corrected chi connectivity index (χ1v) is 0. The molecule has 4 radical (unpaired) electrons. The largest absolute Gasteiger partial charge is 2.00 e. The Balaban J connectivity index is 0. The topological polar surface area (TPSA) is 0 Å². The van der Waals surface area contributed by atoms with Gasteiger partial charge in [0.1, 0.15) is 0 Å². The van der Waals surface area contributed by atoms with Crippen LogP contribution in [0.15, 0.2) is 0 Å². The summed E-state index contributed by atoms with van der Waals surface area (Å²) in [5.41, 5.74) is 0. The van der Waals surface area contributed by atoms with Crippen LogP contribution in [0, 0.1) is 0 Å². The van der Waals surface area contributed by atoms with E-state index in [9.17, 15) is 0 Å². The molecule has 0 amide bonds. The molecule has 0 unspecified atom stereocenters. The van der Waals surface area contributed by atoms with E-state index >= 15 is 0 Å². The predicted octanol–water partition coefficient (Wildman–Crippen LogP) is -0.0200. The molecule has 0 nitrogen and oxygen atoms in total. The van der Waals surface area contributed by atoms with Crippen molar-refractivity contribution in [2.75, 3.05) is 0 Å². The summed E-state index contributed by atoms with van der Waals surface area (Å²) >= 11 is 0. The molecule has 0 N–H and O–H groups in total. The van der Waals surface area contributed by atoms with E-state index in [4.69, 9.17) is 0 Å². The van der Waals surface area contributed by atoms with Crippen LogP contribution in [0.4, 0.5) is 0 Å². The molecule has 0 rings (SSSR count). The van der Waals surface area contributed by atoms with Crippen molar-refractivity contribution in [3.63, 3.8) is 0 Å². The van der Waals surface area contributed by atoms with E-state index in [1.54, 1.807) is 0 Å². The number of hydrogen-bond donors (Lipinski definition) is 0. The minimum absolute atomic E-state index is 0. The van der Waals surface area contributed by atoms with Gasteiger partial charge < -0.3 is 0 Å². The van der Waals surface area contributed by atoms with Gasteiger partial charge in [-0.05, 0) is 0 Å². The van der Waals surface area contributed by atoms with Gasteiger partial charge in [0, 0.05) is 0 Å². The fourth-order valence-electron chi connectivity index (χ4n) is 0. The van der Waals surface area contributed by atoms with Gasteiger partial charge in [-0.3, -0.25) is 0 Å². The van der Waals surface area contributed by atoms with Gasteiger partial charge in [0.2, 0.25) is 0 Å². The molecule has 8 heavy (non-hydrogen) atoms. The maximum Gasteiger partial charge on any atom is 2.00 e. The van der Waals surface area contributed by atoms with Gasteiger partial charge in [-0.2, -0.15) is 0 Å². The van der Waals surface area contributed by atoms with Gasteiger partial charge in [-0.25, -0.2) is 0 Å². The van der Waals surface area contributed by atoms with Crippen LogP contribution in [0.3, 0.4) is 0 Å². The van der Waals surface area contributed by atoms with Gasteiger partial charge in [0.05, 0.1) is 0 Å². The maximum atomic E-state index is 0. The van der Waals surface area contributed by atoms with Crippen LogP contribution in [-0.4, -0.2) is 0 Å². The van der Waals surface area contributed by atoms with Crippen molar-refractivity contribution in [2.24, 2.45) is 0 Å². The Labute approximate surface area is 143 Å². The van der Waals surface area contributed by atoms with Crippen molar-refractivity contribution in [2.45, 2.75) is 0 Å². The van der Waals surface area contributed by atoms with Crippen LogP contribution in [0.1, 0.15) is 0 Å². The fraction of sp³-hybridized carbons (Fsp3) is 0. The monoisotopic (exact) mass is 507 g/mol. The van der Waals surface area contributed by atoms with Crippen molar-refractivity contribution in [1.29, 1.82) is 0 Å². The zero-order valence-electron chi connectivity index (χ0n) is 4.03. The van der Waals surface area contributed by atoms with Gasteiger partial charge in [-0.15, -0.1) is 0 Å². The van der Waals surface area contributed by atoms with Crippen molar-refractivity contribution >= 4 is 0 Å². The van der Waals surface area contributed by atoms with Crippen molar-refractivity contribution < 1.29 is 146 Å². The second-order valence-electron chi connectivity index (χ2n) is 0. The number of hydrogen-bond acceptors (Lipinski definition) is 0. The minimum Gasteiger partial charge on any atom is 2.00 e. The molecular weight excluding hydrogens is 516 g/mol. The van der Waals surface area contributed by atoms with Crippen LogP contribution in [-0.2, 0) is 146 Å². The molecular formula is Cu4Zn4+16. The van der Waals surface area contributed by atoms with Crippen LogP contribution in [0.5, 0.6) is 0 Å². The summed E-state index contributed by atoms with van der Waals surface area (Å²) in [6, 6.07) is 0. The fourth-order valence-corrected chi connectivity index (χ4v) is 0. The first-order valence-electron chi connectivity index (χ1n) is 0. The van der Waals surface area contributed by atoms with Gasteiger partial charge in [0.15, 0.2) is 0 Å². The molecule has 0 aliphatic heterocycles. The first kappa shape index (κ1) is 80.5. The Kier molecular flexibility index (Phi) is 623. The second kappa shape index (κ2) is 61.9. The third-order valence-corrected chi connectivity index (χ3v) is 0. The van der Waals surface area contributed by atoms with Gasteiger partial charge in [-0.1, -0.05) is 0 Å². The zero-order valence-corrected chi connectivity index (χ0v) is 19.7. The summed E-state index contributed by atoms with van der Waals surface area (Å²) in [5.74, 6) is 0. The zero-order chi connectivity index (χ0) is 0. The predicted molar refractivity (Wildman–Crippen MR) is 0 cm³/mol. The van der Waals surface area contributed by atoms with E-state index in [2.05, 4.69) is 0 Å². The number of rotatable bonds is 0. The molecule has 0 saturated heterocycles. The molecule has 0 bridgehead atoms. The van der Waals surface area contributed by atoms with E-state index in [0.717, 1.165) is 0 Å². The first-order chi connectivity index (χ1) is 0. The summed E-state index contributed by atoms with van der Waals surface area (Å²) < 4.78 is 0. The SMILES string of the molecule is [Cu+2].[Cu+2].[Cu+2].[Cu+2].[Zn+2].[Zn+2].[Zn+2].[Zn+2]. The molecule has 0 fully saturated rings. The van der Waals surface area contributed by atoms with E-state index in [1.165, 1.54) is 0 Å². The quantitative estimate of drug-likeness (QED) is 0.398. The summed E-state index contributed by atoms with van der Waals surface area (Å²) in [4.78, 5) is 0.